The van der Waals surface area contributed by atoms with Gasteiger partial charge in [0.1, 0.15) is 10.5 Å². The van der Waals surface area contributed by atoms with Gasteiger partial charge in [0.25, 0.3) is 0 Å². The summed E-state index contributed by atoms with van der Waals surface area (Å²) >= 11 is 7.38. The molecule has 2 bridgehead atoms. The Morgan fingerprint density at radius 3 is 2.81 bits per heavy atom. The van der Waals surface area contributed by atoms with E-state index in [0.29, 0.717) is 28.3 Å². The summed E-state index contributed by atoms with van der Waals surface area (Å²) in [6.07, 6.45) is 9.03. The zero-order valence-corrected chi connectivity index (χ0v) is 19.1. The number of hydrogen-bond acceptors (Lipinski definition) is 5. The van der Waals surface area contributed by atoms with Gasteiger partial charge in [0.15, 0.2) is 11.0 Å². The molecular formula is C23H24ClFN4OS. The molecule has 3 heterocycles. The molecule has 0 aromatic carbocycles. The van der Waals surface area contributed by atoms with Gasteiger partial charge in [-0.05, 0) is 50.2 Å². The topological polar surface area (TPSA) is 58.1 Å². The maximum atomic E-state index is 14.8. The van der Waals surface area contributed by atoms with Crippen LogP contribution in [0, 0.1) is 29.5 Å². The lowest BCUT2D eigenvalue weighted by molar-refractivity contribution is -0.128. The van der Waals surface area contributed by atoms with Crippen LogP contribution in [0.2, 0.25) is 5.15 Å². The number of pyridine rings is 2. The van der Waals surface area contributed by atoms with E-state index in [9.17, 15) is 9.18 Å². The predicted molar refractivity (Wildman–Crippen MR) is 122 cm³/mol. The Labute approximate surface area is 190 Å². The van der Waals surface area contributed by atoms with Gasteiger partial charge in [0.05, 0.1) is 17.3 Å². The second-order valence-electron chi connectivity index (χ2n) is 8.64. The molecule has 2 aromatic heterocycles. The van der Waals surface area contributed by atoms with Crippen LogP contribution in [0.15, 0.2) is 11.2 Å². The minimum Gasteiger partial charge on any atom is -0.380 e. The molecule has 0 radical (unpaired) electrons. The van der Waals surface area contributed by atoms with Crippen molar-refractivity contribution in [2.75, 3.05) is 18.1 Å². The zero-order chi connectivity index (χ0) is 21.7. The van der Waals surface area contributed by atoms with Crippen molar-refractivity contribution in [1.29, 1.82) is 0 Å². The number of halogens is 2. The van der Waals surface area contributed by atoms with Crippen LogP contribution in [0.25, 0.3) is 10.9 Å². The first-order valence-electron chi connectivity index (χ1n) is 10.7. The molecule has 1 aliphatic heterocycles. The van der Waals surface area contributed by atoms with Crippen molar-refractivity contribution >= 4 is 45.9 Å². The van der Waals surface area contributed by atoms with E-state index in [0.717, 1.165) is 30.6 Å². The average Bonchev–Trinajstić information content (AvgIpc) is 3.50. The Morgan fingerprint density at radius 2 is 2.13 bits per heavy atom. The van der Waals surface area contributed by atoms with Gasteiger partial charge < -0.3 is 10.2 Å². The first-order chi connectivity index (χ1) is 15.0. The third kappa shape index (κ3) is 3.54. The molecule has 1 amide bonds. The number of hydrogen-bond donors (Lipinski definition) is 1. The van der Waals surface area contributed by atoms with Crippen LogP contribution in [0.3, 0.4) is 0 Å². The van der Waals surface area contributed by atoms with Crippen molar-refractivity contribution in [2.24, 2.45) is 11.8 Å². The molecular weight excluding hydrogens is 435 g/mol. The summed E-state index contributed by atoms with van der Waals surface area (Å²) in [4.78, 5) is 22.4. The molecule has 0 spiro atoms. The largest absolute Gasteiger partial charge is 0.380 e. The minimum absolute atomic E-state index is 0.0452. The fourth-order valence-electron chi connectivity index (χ4n) is 5.31. The number of likely N-dealkylation sites (tertiary alicyclic amines) is 1. The maximum Gasteiger partial charge on any atom is 0.220 e. The van der Waals surface area contributed by atoms with Gasteiger partial charge in [-0.3, -0.25) is 4.79 Å². The lowest BCUT2D eigenvalue weighted by Gasteiger charge is -2.37. The summed E-state index contributed by atoms with van der Waals surface area (Å²) in [6.45, 7) is 2.33. The molecule has 1 N–H and O–H groups in total. The summed E-state index contributed by atoms with van der Waals surface area (Å²) in [7, 11) is 0. The predicted octanol–water partition coefficient (Wildman–Crippen LogP) is 4.72. The van der Waals surface area contributed by atoms with Crippen molar-refractivity contribution in [3.63, 3.8) is 0 Å². The van der Waals surface area contributed by atoms with Crippen LogP contribution in [-0.2, 0) is 4.79 Å². The summed E-state index contributed by atoms with van der Waals surface area (Å²) in [5.41, 5.74) is 1.76. The third-order valence-corrected chi connectivity index (χ3v) is 7.90. The van der Waals surface area contributed by atoms with Gasteiger partial charge in [0, 0.05) is 31.1 Å². The molecule has 4 aliphatic rings. The van der Waals surface area contributed by atoms with Crippen LogP contribution in [0.5, 0.6) is 0 Å². The molecule has 4 fully saturated rings. The molecule has 162 valence electrons. The fourth-order valence-corrected chi connectivity index (χ4v) is 5.98. The number of carbonyl (C=O) groups is 1. The standard InChI is InChI=1S/C23H24ClFN4OS/c1-12(30)29-9-3-4-15(29)7-8-16-20(27-19-13-5-6-14(19)10-13)17-11-26-22(24)18(25)21(17)28-23(16)31-2/h11,13-15,19H,3-6,9-10H2,1-2H3,(H,27,28)/t13-,14+,15-,19?/m1/s1. The highest BCUT2D eigenvalue weighted by Crippen LogP contribution is 2.50. The number of amides is 1. The summed E-state index contributed by atoms with van der Waals surface area (Å²) < 4.78 is 14.8. The monoisotopic (exact) mass is 458 g/mol. The van der Waals surface area contributed by atoms with E-state index >= 15 is 0 Å². The van der Waals surface area contributed by atoms with Gasteiger partial charge in [-0.1, -0.05) is 23.4 Å². The number of rotatable bonds is 3. The molecule has 3 aliphatic carbocycles. The number of carbonyl (C=O) groups excluding carboxylic acids is 1. The van der Waals surface area contributed by atoms with E-state index in [2.05, 4.69) is 27.1 Å². The zero-order valence-electron chi connectivity index (χ0n) is 17.5. The van der Waals surface area contributed by atoms with Crippen LogP contribution >= 0.6 is 23.4 Å². The number of aromatic nitrogens is 2. The number of fused-ring (bicyclic) bond motifs is 2. The number of anilines is 1. The van der Waals surface area contributed by atoms with Gasteiger partial charge >= 0.3 is 0 Å². The van der Waals surface area contributed by atoms with Crippen molar-refractivity contribution in [1.82, 2.24) is 14.9 Å². The fraction of sp³-hybridized carbons (Fsp3) is 0.522. The third-order valence-electron chi connectivity index (χ3n) is 6.95. The van der Waals surface area contributed by atoms with Crippen molar-refractivity contribution in [2.45, 2.75) is 56.1 Å². The van der Waals surface area contributed by atoms with E-state index in [1.165, 1.54) is 31.0 Å². The second kappa shape index (κ2) is 8.14. The summed E-state index contributed by atoms with van der Waals surface area (Å²) in [5, 5.41) is 4.78. The molecule has 1 unspecified atom stereocenters. The highest BCUT2D eigenvalue weighted by Gasteiger charge is 2.47. The molecule has 5 nitrogen and oxygen atoms in total. The molecule has 1 saturated heterocycles. The maximum absolute atomic E-state index is 14.8. The lowest BCUT2D eigenvalue weighted by atomic mass is 9.78. The van der Waals surface area contributed by atoms with E-state index in [4.69, 9.17) is 11.6 Å². The Balaban J connectivity index is 1.64. The van der Waals surface area contributed by atoms with E-state index in [1.807, 2.05) is 11.2 Å². The van der Waals surface area contributed by atoms with E-state index in [-0.39, 0.29) is 22.6 Å². The number of nitrogens with zero attached hydrogens (tertiary/aromatic N) is 3. The number of nitrogens with one attached hydrogen (secondary N) is 1. The highest BCUT2D eigenvalue weighted by molar-refractivity contribution is 7.98. The minimum atomic E-state index is -0.604. The number of thioether (sulfide) groups is 1. The molecule has 4 atom stereocenters. The Bertz CT molecular complexity index is 1120. The summed E-state index contributed by atoms with van der Waals surface area (Å²) in [6, 6.07) is 0.274. The second-order valence-corrected chi connectivity index (χ2v) is 9.79. The highest BCUT2D eigenvalue weighted by atomic mass is 35.5. The molecule has 3 saturated carbocycles. The average molecular weight is 459 g/mol. The van der Waals surface area contributed by atoms with Gasteiger partial charge in [0.2, 0.25) is 5.91 Å². The lowest BCUT2D eigenvalue weighted by Crippen LogP contribution is -2.40. The van der Waals surface area contributed by atoms with Crippen molar-refractivity contribution in [3.05, 3.63) is 22.7 Å². The molecule has 6 rings (SSSR count). The van der Waals surface area contributed by atoms with Gasteiger partial charge in [-0.15, -0.1) is 11.8 Å². The van der Waals surface area contributed by atoms with Gasteiger partial charge in [-0.25, -0.2) is 14.4 Å². The first kappa shape index (κ1) is 20.8. The SMILES string of the molecule is CSc1nc2c(F)c(Cl)ncc2c(NC2[C@@H]3CC[C@H]2C3)c1C#C[C@H]1CCCN1C(C)=O. The molecule has 31 heavy (non-hydrogen) atoms. The quantitative estimate of drug-likeness (QED) is 0.410. The van der Waals surface area contributed by atoms with E-state index < -0.39 is 5.82 Å². The van der Waals surface area contributed by atoms with Crippen LogP contribution in [0.4, 0.5) is 10.1 Å². The van der Waals surface area contributed by atoms with Crippen molar-refractivity contribution in [3.8, 4) is 11.8 Å². The Kier molecular flexibility index (Phi) is 5.47. The van der Waals surface area contributed by atoms with E-state index in [1.54, 1.807) is 13.1 Å². The van der Waals surface area contributed by atoms with Gasteiger partial charge in [-0.2, -0.15) is 0 Å². The molecule has 8 heteroatoms. The van der Waals surface area contributed by atoms with Crippen molar-refractivity contribution < 1.29 is 9.18 Å². The summed E-state index contributed by atoms with van der Waals surface area (Å²) in [5.74, 6) is 7.37. The Morgan fingerprint density at radius 1 is 1.35 bits per heavy atom. The Hall–Kier alpha value is -2.04. The van der Waals surface area contributed by atoms with Crippen LogP contribution in [-0.4, -0.2) is 45.7 Å². The smallest absolute Gasteiger partial charge is 0.220 e. The van der Waals surface area contributed by atoms with Crippen LogP contribution in [0.1, 0.15) is 44.6 Å². The normalized spacial score (nSPS) is 26.5. The molecule has 2 aromatic rings. The first-order valence-corrected chi connectivity index (χ1v) is 12.3. The van der Waals surface area contributed by atoms with Crippen LogP contribution < -0.4 is 5.32 Å².